The summed E-state index contributed by atoms with van der Waals surface area (Å²) >= 11 is 0. The molecule has 0 spiro atoms. The molecule has 0 radical (unpaired) electrons. The van der Waals surface area contributed by atoms with E-state index >= 15 is 0 Å². The lowest BCUT2D eigenvalue weighted by Crippen LogP contribution is -2.41. The Kier molecular flexibility index (Phi) is 4.85. The molecule has 0 N–H and O–H groups in total. The van der Waals surface area contributed by atoms with Gasteiger partial charge in [-0.05, 0) is 51.6 Å². The van der Waals surface area contributed by atoms with Crippen molar-refractivity contribution >= 4 is 10.0 Å². The van der Waals surface area contributed by atoms with Gasteiger partial charge in [0, 0.05) is 26.1 Å². The molecule has 140 valence electrons. The number of likely N-dealkylation sites (tertiary alicyclic amines) is 1. The highest BCUT2D eigenvalue weighted by Crippen LogP contribution is 2.35. The van der Waals surface area contributed by atoms with Crippen LogP contribution in [-0.4, -0.2) is 63.8 Å². The summed E-state index contributed by atoms with van der Waals surface area (Å²) in [5, 5.41) is 8.75. The van der Waals surface area contributed by atoms with E-state index in [1.54, 1.807) is 4.31 Å². The van der Waals surface area contributed by atoms with Crippen LogP contribution in [0.15, 0.2) is 0 Å². The maximum atomic E-state index is 12.6. The summed E-state index contributed by atoms with van der Waals surface area (Å²) < 4.78 is 28.9. The summed E-state index contributed by atoms with van der Waals surface area (Å²) in [5.74, 6) is 2.11. The highest BCUT2D eigenvalue weighted by molar-refractivity contribution is 7.90. The van der Waals surface area contributed by atoms with Crippen molar-refractivity contribution in [3.8, 4) is 0 Å². The van der Waals surface area contributed by atoms with Crippen LogP contribution in [0, 0.1) is 0 Å². The standard InChI is InChI=1S/C17H29N5O2S/c1-20-16(13-21-9-3-2-4-10-21)18-19-17(20)14-6-5-11-22(12-14)25(23,24)15-7-8-15/h14-15H,2-13H2,1H3/t14-/m0/s1. The average molecular weight is 368 g/mol. The molecule has 0 bridgehead atoms. The second-order valence-electron chi connectivity index (χ2n) is 7.81. The minimum atomic E-state index is -3.09. The molecule has 2 saturated heterocycles. The average Bonchev–Trinajstić information content (AvgIpc) is 3.43. The second kappa shape index (κ2) is 6.96. The van der Waals surface area contributed by atoms with Crippen molar-refractivity contribution in [2.24, 2.45) is 7.05 Å². The Morgan fingerprint density at radius 1 is 1.00 bits per heavy atom. The molecule has 1 saturated carbocycles. The number of rotatable bonds is 5. The molecule has 3 fully saturated rings. The van der Waals surface area contributed by atoms with Gasteiger partial charge in [0.25, 0.3) is 0 Å². The molecule has 25 heavy (non-hydrogen) atoms. The number of hydrogen-bond acceptors (Lipinski definition) is 5. The Morgan fingerprint density at radius 2 is 1.76 bits per heavy atom. The zero-order valence-corrected chi connectivity index (χ0v) is 15.9. The molecule has 0 unspecified atom stereocenters. The van der Waals surface area contributed by atoms with Gasteiger partial charge in [-0.25, -0.2) is 12.7 Å². The molecule has 3 heterocycles. The van der Waals surface area contributed by atoms with Crippen LogP contribution in [0.2, 0.25) is 0 Å². The Balaban J connectivity index is 1.46. The van der Waals surface area contributed by atoms with Crippen molar-refractivity contribution < 1.29 is 8.42 Å². The van der Waals surface area contributed by atoms with Gasteiger partial charge in [0.2, 0.25) is 10.0 Å². The van der Waals surface area contributed by atoms with Crippen LogP contribution < -0.4 is 0 Å². The lowest BCUT2D eigenvalue weighted by Gasteiger charge is -2.31. The summed E-state index contributed by atoms with van der Waals surface area (Å²) in [5.41, 5.74) is 0. The van der Waals surface area contributed by atoms with E-state index in [0.29, 0.717) is 13.1 Å². The fourth-order valence-corrected chi connectivity index (χ4v) is 6.07. The van der Waals surface area contributed by atoms with E-state index in [1.165, 1.54) is 19.3 Å². The van der Waals surface area contributed by atoms with E-state index in [1.807, 2.05) is 7.05 Å². The van der Waals surface area contributed by atoms with E-state index in [0.717, 1.165) is 57.0 Å². The highest BCUT2D eigenvalue weighted by Gasteiger charge is 2.42. The maximum absolute atomic E-state index is 12.6. The molecule has 1 aliphatic carbocycles. The molecule has 3 aliphatic rings. The summed E-state index contributed by atoms with van der Waals surface area (Å²) in [6.45, 7) is 4.35. The third-order valence-corrected chi connectivity index (χ3v) is 8.23. The van der Waals surface area contributed by atoms with Crippen LogP contribution in [0.4, 0.5) is 0 Å². The van der Waals surface area contributed by atoms with Crippen molar-refractivity contribution in [1.29, 1.82) is 0 Å². The number of aromatic nitrogens is 3. The van der Waals surface area contributed by atoms with E-state index in [2.05, 4.69) is 19.7 Å². The fraction of sp³-hybridized carbons (Fsp3) is 0.882. The Morgan fingerprint density at radius 3 is 2.48 bits per heavy atom. The van der Waals surface area contributed by atoms with Crippen molar-refractivity contribution in [2.75, 3.05) is 26.2 Å². The third-order valence-electron chi connectivity index (χ3n) is 5.87. The smallest absolute Gasteiger partial charge is 0.217 e. The first kappa shape index (κ1) is 17.4. The van der Waals surface area contributed by atoms with Crippen LogP contribution >= 0.6 is 0 Å². The minimum absolute atomic E-state index is 0.125. The number of sulfonamides is 1. The van der Waals surface area contributed by atoms with Crippen LogP contribution in [0.1, 0.15) is 62.5 Å². The monoisotopic (exact) mass is 367 g/mol. The van der Waals surface area contributed by atoms with E-state index in [9.17, 15) is 8.42 Å². The molecule has 1 aromatic heterocycles. The van der Waals surface area contributed by atoms with Gasteiger partial charge in [0.1, 0.15) is 11.6 Å². The lowest BCUT2D eigenvalue weighted by molar-refractivity contribution is 0.213. The molecule has 7 nitrogen and oxygen atoms in total. The molecule has 0 aromatic carbocycles. The number of hydrogen-bond donors (Lipinski definition) is 0. The SMILES string of the molecule is Cn1c(CN2CCCCC2)nnc1[C@H]1CCCN(S(=O)(=O)C2CC2)C1. The summed E-state index contributed by atoms with van der Waals surface area (Å²) in [7, 11) is -1.06. The minimum Gasteiger partial charge on any atom is -0.317 e. The first-order valence-corrected chi connectivity index (χ1v) is 11.2. The topological polar surface area (TPSA) is 71.3 Å². The van der Waals surface area contributed by atoms with Crippen LogP contribution in [0.5, 0.6) is 0 Å². The number of nitrogens with zero attached hydrogens (tertiary/aromatic N) is 5. The van der Waals surface area contributed by atoms with Gasteiger partial charge in [0.15, 0.2) is 0 Å². The molecule has 4 rings (SSSR count). The Hall–Kier alpha value is -0.990. The first-order chi connectivity index (χ1) is 12.1. The van der Waals surface area contributed by atoms with Gasteiger partial charge in [-0.2, -0.15) is 0 Å². The highest BCUT2D eigenvalue weighted by atomic mass is 32.2. The molecular weight excluding hydrogens is 338 g/mol. The van der Waals surface area contributed by atoms with E-state index < -0.39 is 10.0 Å². The molecule has 2 aliphatic heterocycles. The summed E-state index contributed by atoms with van der Waals surface area (Å²) in [6.07, 6.45) is 7.41. The van der Waals surface area contributed by atoms with Gasteiger partial charge >= 0.3 is 0 Å². The van der Waals surface area contributed by atoms with Crippen molar-refractivity contribution in [2.45, 2.75) is 62.7 Å². The van der Waals surface area contributed by atoms with E-state index in [-0.39, 0.29) is 11.2 Å². The quantitative estimate of drug-likeness (QED) is 0.788. The molecule has 1 atom stereocenters. The Labute approximate surface area is 150 Å². The van der Waals surface area contributed by atoms with Crippen LogP contribution in [-0.2, 0) is 23.6 Å². The molecular formula is C17H29N5O2S. The zero-order chi connectivity index (χ0) is 17.4. The normalized spacial score (nSPS) is 26.8. The maximum Gasteiger partial charge on any atom is 0.217 e. The summed E-state index contributed by atoms with van der Waals surface area (Å²) in [6, 6.07) is 0. The molecule has 8 heteroatoms. The largest absolute Gasteiger partial charge is 0.317 e. The zero-order valence-electron chi connectivity index (χ0n) is 15.1. The number of piperidine rings is 2. The van der Waals surface area contributed by atoms with Gasteiger partial charge in [-0.3, -0.25) is 4.90 Å². The molecule has 0 amide bonds. The van der Waals surface area contributed by atoms with Crippen LogP contribution in [0.25, 0.3) is 0 Å². The molecule has 1 aromatic rings. The van der Waals surface area contributed by atoms with Crippen molar-refractivity contribution in [3.63, 3.8) is 0 Å². The van der Waals surface area contributed by atoms with Gasteiger partial charge < -0.3 is 4.57 Å². The lowest BCUT2D eigenvalue weighted by atomic mass is 9.99. The van der Waals surface area contributed by atoms with E-state index in [4.69, 9.17) is 0 Å². The van der Waals surface area contributed by atoms with Gasteiger partial charge in [0.05, 0.1) is 11.8 Å². The second-order valence-corrected chi connectivity index (χ2v) is 10.0. The Bertz CT molecular complexity index is 707. The van der Waals surface area contributed by atoms with Crippen molar-refractivity contribution in [3.05, 3.63) is 11.6 Å². The third kappa shape index (κ3) is 3.61. The summed E-state index contributed by atoms with van der Waals surface area (Å²) in [4.78, 5) is 2.45. The predicted molar refractivity (Wildman–Crippen MR) is 95.6 cm³/mol. The van der Waals surface area contributed by atoms with Crippen LogP contribution in [0.3, 0.4) is 0 Å². The first-order valence-electron chi connectivity index (χ1n) is 9.65. The fourth-order valence-electron chi connectivity index (χ4n) is 4.15. The van der Waals surface area contributed by atoms with Gasteiger partial charge in [-0.15, -0.1) is 10.2 Å². The van der Waals surface area contributed by atoms with Gasteiger partial charge in [-0.1, -0.05) is 6.42 Å². The van der Waals surface area contributed by atoms with Crippen molar-refractivity contribution in [1.82, 2.24) is 24.0 Å². The predicted octanol–water partition coefficient (Wildman–Crippen LogP) is 1.47.